The van der Waals surface area contributed by atoms with Crippen LogP contribution in [0, 0.1) is 6.92 Å². The highest BCUT2D eigenvalue weighted by Crippen LogP contribution is 2.55. The minimum atomic E-state index is -2.57. The Morgan fingerprint density at radius 2 is 1.90 bits per heavy atom. The van der Waals surface area contributed by atoms with Crippen molar-refractivity contribution >= 4 is 23.7 Å². The molecule has 5 aliphatic rings. The van der Waals surface area contributed by atoms with Gasteiger partial charge in [0, 0.05) is 18.7 Å². The maximum atomic E-state index is 13.7. The number of benzene rings is 1. The molecule has 1 aromatic carbocycles. The normalized spacial score (nSPS) is 29.4. The van der Waals surface area contributed by atoms with Crippen molar-refractivity contribution in [3.63, 3.8) is 0 Å². The molecule has 2 aromatic rings. The van der Waals surface area contributed by atoms with Crippen molar-refractivity contribution in [3.05, 3.63) is 58.4 Å². The standard InChI is InChI=1S/C28H34N10O4/c1-14-7-8-18(37-36-14)23(40)31-12-19-21-27(35-24(29)34-21)28(41,42)20(13-38(27)25(30)32-19)33-22(39)16-4-2-6-17-15(16)5-3-9-26(17)10-11-26/h2,4,6-8,19-21,41-42H,3,5,9-13H2,1H3,(H2,30,32)(H,31,40)(H,33,39)(H3,29,34,35)/t19-,20?,21-,27-/m0/s1. The molecular weight excluding hydrogens is 540 g/mol. The highest BCUT2D eigenvalue weighted by atomic mass is 16.5. The van der Waals surface area contributed by atoms with E-state index < -0.39 is 35.5 Å². The molecule has 2 spiro atoms. The van der Waals surface area contributed by atoms with Crippen LogP contribution in [0.3, 0.4) is 0 Å². The van der Waals surface area contributed by atoms with Crippen LogP contribution in [0.5, 0.6) is 0 Å². The molecule has 2 aliphatic carbocycles. The fourth-order valence-corrected chi connectivity index (χ4v) is 7.27. The second-order valence-electron chi connectivity index (χ2n) is 12.0. The first-order chi connectivity index (χ1) is 20.1. The Labute approximate surface area is 241 Å². The van der Waals surface area contributed by atoms with Crippen LogP contribution in [0.25, 0.3) is 0 Å². The van der Waals surface area contributed by atoms with Crippen LogP contribution in [0.4, 0.5) is 0 Å². The van der Waals surface area contributed by atoms with Gasteiger partial charge in [0.2, 0.25) is 5.79 Å². The van der Waals surface area contributed by atoms with Crippen LogP contribution in [0.2, 0.25) is 0 Å². The number of aromatic nitrogens is 2. The maximum absolute atomic E-state index is 13.7. The molecule has 4 heterocycles. The second-order valence-corrected chi connectivity index (χ2v) is 12.0. The van der Waals surface area contributed by atoms with Gasteiger partial charge in [0.15, 0.2) is 23.3 Å². The maximum Gasteiger partial charge on any atom is 0.271 e. The zero-order valence-corrected chi connectivity index (χ0v) is 23.2. The number of carbonyl (C=O) groups excluding carboxylic acids is 2. The fraction of sp³-hybridized carbons (Fsp3) is 0.500. The lowest BCUT2D eigenvalue weighted by atomic mass is 9.78. The van der Waals surface area contributed by atoms with Gasteiger partial charge >= 0.3 is 0 Å². The van der Waals surface area contributed by atoms with Crippen molar-refractivity contribution in [1.29, 1.82) is 0 Å². The van der Waals surface area contributed by atoms with Crippen LogP contribution in [0.15, 0.2) is 40.3 Å². The third kappa shape index (κ3) is 3.78. The molecule has 14 nitrogen and oxygen atoms in total. The third-order valence-corrected chi connectivity index (χ3v) is 9.54. The third-order valence-electron chi connectivity index (χ3n) is 9.54. The quantitative estimate of drug-likeness (QED) is 0.202. The molecule has 2 amide bonds. The molecule has 42 heavy (non-hydrogen) atoms. The minimum Gasteiger partial charge on any atom is -0.370 e. The first-order valence-electron chi connectivity index (χ1n) is 14.2. The van der Waals surface area contributed by atoms with Crippen LogP contribution in [0.1, 0.15) is 63.4 Å². The van der Waals surface area contributed by atoms with E-state index in [2.05, 4.69) is 42.2 Å². The number of rotatable bonds is 5. The number of aliphatic hydroxyl groups is 2. The van der Waals surface area contributed by atoms with Crippen LogP contribution >= 0.6 is 0 Å². The predicted octanol–water partition coefficient (Wildman–Crippen LogP) is -1.64. The summed E-state index contributed by atoms with van der Waals surface area (Å²) in [6.07, 6.45) is 5.23. The molecule has 3 aliphatic heterocycles. The Morgan fingerprint density at radius 3 is 2.64 bits per heavy atom. The van der Waals surface area contributed by atoms with Gasteiger partial charge in [-0.2, -0.15) is 5.10 Å². The number of hydrogen-bond acceptors (Lipinski definition) is 12. The summed E-state index contributed by atoms with van der Waals surface area (Å²) in [5.74, 6) is -3.49. The Morgan fingerprint density at radius 1 is 1.10 bits per heavy atom. The van der Waals surface area contributed by atoms with E-state index in [-0.39, 0.29) is 42.0 Å². The molecule has 0 bridgehead atoms. The first-order valence-corrected chi connectivity index (χ1v) is 14.2. The summed E-state index contributed by atoms with van der Waals surface area (Å²) in [4.78, 5) is 36.8. The molecule has 4 atom stereocenters. The average molecular weight is 575 g/mol. The molecule has 2 fully saturated rings. The van der Waals surface area contributed by atoms with Gasteiger partial charge in [-0.1, -0.05) is 12.1 Å². The molecule has 1 saturated carbocycles. The molecule has 1 unspecified atom stereocenters. The van der Waals surface area contributed by atoms with Crippen molar-refractivity contribution < 1.29 is 19.8 Å². The van der Waals surface area contributed by atoms with Crippen LogP contribution in [-0.2, 0) is 11.8 Å². The van der Waals surface area contributed by atoms with Crippen molar-refractivity contribution in [2.75, 3.05) is 13.1 Å². The van der Waals surface area contributed by atoms with E-state index in [1.165, 1.54) is 10.5 Å². The smallest absolute Gasteiger partial charge is 0.271 e. The summed E-state index contributed by atoms with van der Waals surface area (Å²) in [5, 5.41) is 39.9. The van der Waals surface area contributed by atoms with Crippen molar-refractivity contribution in [1.82, 2.24) is 31.0 Å². The minimum absolute atomic E-state index is 0.00461. The number of fused-ring (bicyclic) bond motifs is 2. The van der Waals surface area contributed by atoms with Gasteiger partial charge in [-0.3, -0.25) is 9.59 Å². The molecule has 0 radical (unpaired) electrons. The number of amides is 2. The van der Waals surface area contributed by atoms with Crippen molar-refractivity contribution in [3.8, 4) is 0 Å². The van der Waals surface area contributed by atoms with E-state index >= 15 is 0 Å². The van der Waals surface area contributed by atoms with E-state index in [4.69, 9.17) is 11.5 Å². The monoisotopic (exact) mass is 574 g/mol. The molecule has 14 heteroatoms. The van der Waals surface area contributed by atoms with E-state index in [0.29, 0.717) is 11.3 Å². The van der Waals surface area contributed by atoms with Gasteiger partial charge in [0.05, 0.1) is 11.7 Å². The SMILES string of the molecule is Cc1ccc(C(=O)NC[C@@H]2N=C(N)N3CC(NC(=O)c4cccc5c4CCCC54CC4)C(O)(O)[C@@]34NC(N)=N[C@@H]24)nn1. The van der Waals surface area contributed by atoms with E-state index in [0.717, 1.165) is 37.7 Å². The molecular formula is C28H34N10O4. The van der Waals surface area contributed by atoms with Gasteiger partial charge in [-0.25, -0.2) is 9.98 Å². The largest absolute Gasteiger partial charge is 0.370 e. The van der Waals surface area contributed by atoms with Crippen LogP contribution in [-0.4, -0.2) is 91.7 Å². The van der Waals surface area contributed by atoms with Gasteiger partial charge in [0.1, 0.15) is 12.1 Å². The van der Waals surface area contributed by atoms with E-state index in [9.17, 15) is 19.8 Å². The first kappa shape index (κ1) is 26.6. The Bertz CT molecular complexity index is 1540. The average Bonchev–Trinajstić information content (AvgIpc) is 3.57. The lowest BCUT2D eigenvalue weighted by Crippen LogP contribution is -2.78. The molecule has 9 N–H and O–H groups in total. The Balaban J connectivity index is 1.14. The number of nitrogens with one attached hydrogen (secondary N) is 3. The topological polar surface area (TPSA) is 216 Å². The predicted molar refractivity (Wildman–Crippen MR) is 151 cm³/mol. The van der Waals surface area contributed by atoms with Crippen molar-refractivity contribution in [2.24, 2.45) is 21.5 Å². The molecule has 220 valence electrons. The molecule has 1 saturated heterocycles. The van der Waals surface area contributed by atoms with Crippen LogP contribution < -0.4 is 27.4 Å². The lowest BCUT2D eigenvalue weighted by molar-refractivity contribution is -0.230. The molecule has 7 rings (SSSR count). The van der Waals surface area contributed by atoms with Crippen molar-refractivity contribution in [2.45, 2.75) is 74.0 Å². The second kappa shape index (κ2) is 9.10. The number of carbonyl (C=O) groups is 2. The summed E-state index contributed by atoms with van der Waals surface area (Å²) in [6, 6.07) is 6.10. The highest BCUT2D eigenvalue weighted by molar-refractivity contribution is 5.97. The number of nitrogens with zero attached hydrogens (tertiary/aromatic N) is 5. The molecule has 1 aromatic heterocycles. The van der Waals surface area contributed by atoms with Gasteiger partial charge < -0.3 is 42.5 Å². The highest BCUT2D eigenvalue weighted by Gasteiger charge is 2.73. The number of aliphatic imine (C=N–C) groups is 2. The summed E-state index contributed by atoms with van der Waals surface area (Å²) in [6.45, 7) is 1.66. The van der Waals surface area contributed by atoms with Gasteiger partial charge in [-0.15, -0.1) is 5.10 Å². The van der Waals surface area contributed by atoms with E-state index in [1.807, 2.05) is 6.07 Å². The van der Waals surface area contributed by atoms with E-state index in [1.54, 1.807) is 25.1 Å². The fourth-order valence-electron chi connectivity index (χ4n) is 7.27. The number of nitrogens with two attached hydrogens (primary N) is 2. The summed E-state index contributed by atoms with van der Waals surface area (Å²) in [5.41, 5.74) is 14.5. The summed E-state index contributed by atoms with van der Waals surface area (Å²) < 4.78 is 0. The number of aryl methyl sites for hydroxylation is 1. The van der Waals surface area contributed by atoms with Gasteiger partial charge in [-0.05, 0) is 73.8 Å². The number of hydrogen-bond donors (Lipinski definition) is 7. The summed E-state index contributed by atoms with van der Waals surface area (Å²) >= 11 is 0. The Hall–Kier alpha value is -4.30. The summed E-state index contributed by atoms with van der Waals surface area (Å²) in [7, 11) is 0. The Kier molecular flexibility index (Phi) is 5.76. The number of guanidine groups is 2. The zero-order valence-electron chi connectivity index (χ0n) is 23.2. The van der Waals surface area contributed by atoms with Gasteiger partial charge in [0.25, 0.3) is 11.8 Å². The zero-order chi connectivity index (χ0) is 29.4. The lowest BCUT2D eigenvalue weighted by Gasteiger charge is -2.49.